The number of piperazine rings is 1. The molecule has 2 atom stereocenters. The minimum atomic E-state index is -0.710. The van der Waals surface area contributed by atoms with Crippen LogP contribution in [0.15, 0.2) is 0 Å². The van der Waals surface area contributed by atoms with Crippen molar-refractivity contribution in [1.82, 2.24) is 15.1 Å². The first-order valence-electron chi connectivity index (χ1n) is 7.14. The van der Waals surface area contributed by atoms with Gasteiger partial charge in [-0.25, -0.2) is 0 Å². The normalized spacial score (nSPS) is 29.9. The lowest BCUT2D eigenvalue weighted by Crippen LogP contribution is -2.65. The van der Waals surface area contributed by atoms with Gasteiger partial charge < -0.3 is 15.1 Å². The number of likely N-dealkylation sites (N-methyl/N-ethyl adjacent to an activating group) is 1. The first kappa shape index (κ1) is 17.2. The van der Waals surface area contributed by atoms with Crippen LogP contribution in [0, 0.1) is 5.92 Å². The molecule has 0 saturated carbocycles. The van der Waals surface area contributed by atoms with Gasteiger partial charge in [0.1, 0.15) is 5.54 Å². The van der Waals surface area contributed by atoms with Crippen LogP contribution in [0.3, 0.4) is 0 Å². The highest BCUT2D eigenvalue weighted by atomic mass is 35.5. The van der Waals surface area contributed by atoms with Gasteiger partial charge in [0.2, 0.25) is 11.8 Å². The second-order valence-electron chi connectivity index (χ2n) is 6.35. The van der Waals surface area contributed by atoms with Crippen LogP contribution in [-0.4, -0.2) is 59.9 Å². The summed E-state index contributed by atoms with van der Waals surface area (Å²) in [5.41, 5.74) is -0.710. The van der Waals surface area contributed by atoms with Crippen molar-refractivity contribution in [3.63, 3.8) is 0 Å². The van der Waals surface area contributed by atoms with Gasteiger partial charge in [0.05, 0.1) is 0 Å². The number of nitrogens with zero attached hydrogens (tertiary/aromatic N) is 2. The summed E-state index contributed by atoms with van der Waals surface area (Å²) in [6.07, 6.45) is 1.75. The zero-order valence-electron chi connectivity index (χ0n) is 12.8. The summed E-state index contributed by atoms with van der Waals surface area (Å²) in [6, 6.07) is 0.383. The maximum atomic E-state index is 12.7. The Morgan fingerprint density at radius 2 is 2.00 bits per heavy atom. The van der Waals surface area contributed by atoms with Crippen molar-refractivity contribution < 1.29 is 9.59 Å². The number of nitrogens with one attached hydrogen (secondary N) is 1. The molecule has 2 aliphatic rings. The van der Waals surface area contributed by atoms with E-state index >= 15 is 0 Å². The molecule has 6 heteroatoms. The third-order valence-electron chi connectivity index (χ3n) is 4.44. The SMILES string of the molecule is C[C@H]1C[C@@H](C(=O)N2CCN(C)C(=O)C2(C)C)CCN1.Cl. The molecule has 2 amide bonds. The van der Waals surface area contributed by atoms with Crippen molar-refractivity contribution in [1.29, 1.82) is 0 Å². The molecule has 0 radical (unpaired) electrons. The van der Waals surface area contributed by atoms with Gasteiger partial charge in [-0.2, -0.15) is 0 Å². The Balaban J connectivity index is 0.00000200. The lowest BCUT2D eigenvalue weighted by molar-refractivity contribution is -0.160. The van der Waals surface area contributed by atoms with Gasteiger partial charge in [-0.15, -0.1) is 12.4 Å². The van der Waals surface area contributed by atoms with Gasteiger partial charge in [0, 0.05) is 32.1 Å². The van der Waals surface area contributed by atoms with E-state index in [1.807, 2.05) is 13.8 Å². The zero-order valence-corrected chi connectivity index (χ0v) is 13.6. The fraction of sp³-hybridized carbons (Fsp3) is 0.857. The minimum absolute atomic E-state index is 0. The monoisotopic (exact) mass is 303 g/mol. The highest BCUT2D eigenvalue weighted by Gasteiger charge is 2.44. The fourth-order valence-electron chi connectivity index (χ4n) is 3.18. The largest absolute Gasteiger partial charge is 0.342 e. The Labute approximate surface area is 127 Å². The average molecular weight is 304 g/mol. The van der Waals surface area contributed by atoms with E-state index in [-0.39, 0.29) is 30.1 Å². The highest BCUT2D eigenvalue weighted by Crippen LogP contribution is 2.27. The molecular formula is C14H26ClN3O2. The van der Waals surface area contributed by atoms with Crippen LogP contribution in [0.25, 0.3) is 0 Å². The molecule has 0 bridgehead atoms. The molecule has 0 aromatic rings. The first-order chi connectivity index (χ1) is 8.84. The molecule has 5 nitrogen and oxygen atoms in total. The molecule has 0 aromatic carbocycles. The van der Waals surface area contributed by atoms with Crippen LogP contribution in [-0.2, 0) is 9.59 Å². The number of hydrogen-bond acceptors (Lipinski definition) is 3. The summed E-state index contributed by atoms with van der Waals surface area (Å²) in [6.45, 7) is 7.99. The van der Waals surface area contributed by atoms with Crippen molar-refractivity contribution in [2.45, 2.75) is 45.2 Å². The molecule has 2 fully saturated rings. The lowest BCUT2D eigenvalue weighted by Gasteiger charge is -2.46. The van der Waals surface area contributed by atoms with Gasteiger partial charge in [-0.1, -0.05) is 0 Å². The summed E-state index contributed by atoms with van der Waals surface area (Å²) in [5.74, 6) is 0.251. The minimum Gasteiger partial charge on any atom is -0.342 e. The summed E-state index contributed by atoms with van der Waals surface area (Å²) >= 11 is 0. The van der Waals surface area contributed by atoms with E-state index < -0.39 is 5.54 Å². The Kier molecular flexibility index (Phi) is 5.44. The van der Waals surface area contributed by atoms with Crippen molar-refractivity contribution in [2.24, 2.45) is 5.92 Å². The second kappa shape index (κ2) is 6.31. The first-order valence-corrected chi connectivity index (χ1v) is 7.14. The van der Waals surface area contributed by atoms with E-state index in [1.165, 1.54) is 0 Å². The maximum absolute atomic E-state index is 12.7. The number of carbonyl (C=O) groups excluding carboxylic acids is 2. The molecule has 20 heavy (non-hydrogen) atoms. The smallest absolute Gasteiger partial charge is 0.247 e. The molecule has 2 rings (SSSR count). The van der Waals surface area contributed by atoms with Crippen LogP contribution in [0.1, 0.15) is 33.6 Å². The molecule has 2 saturated heterocycles. The summed E-state index contributed by atoms with van der Waals surface area (Å²) in [5, 5.41) is 3.36. The molecule has 0 unspecified atom stereocenters. The highest BCUT2D eigenvalue weighted by molar-refractivity contribution is 5.92. The van der Waals surface area contributed by atoms with Crippen molar-refractivity contribution in [3.8, 4) is 0 Å². The maximum Gasteiger partial charge on any atom is 0.247 e. The molecule has 2 heterocycles. The number of carbonyl (C=O) groups is 2. The van der Waals surface area contributed by atoms with Gasteiger partial charge in [0.25, 0.3) is 0 Å². The van der Waals surface area contributed by atoms with Crippen LogP contribution in [0.2, 0.25) is 0 Å². The predicted molar refractivity (Wildman–Crippen MR) is 80.9 cm³/mol. The van der Waals surface area contributed by atoms with E-state index in [1.54, 1.807) is 16.8 Å². The zero-order chi connectivity index (χ0) is 14.2. The Morgan fingerprint density at radius 1 is 1.35 bits per heavy atom. The fourth-order valence-corrected chi connectivity index (χ4v) is 3.18. The van der Waals surface area contributed by atoms with Gasteiger partial charge in [0.15, 0.2) is 0 Å². The van der Waals surface area contributed by atoms with Crippen molar-refractivity contribution in [2.75, 3.05) is 26.7 Å². The molecule has 2 aliphatic heterocycles. The third-order valence-corrected chi connectivity index (χ3v) is 4.44. The quantitative estimate of drug-likeness (QED) is 0.782. The molecule has 116 valence electrons. The van der Waals surface area contributed by atoms with Crippen LogP contribution < -0.4 is 5.32 Å². The molecule has 1 N–H and O–H groups in total. The Bertz CT molecular complexity index is 387. The van der Waals surface area contributed by atoms with E-state index in [0.717, 1.165) is 19.4 Å². The Hall–Kier alpha value is -0.810. The van der Waals surface area contributed by atoms with Gasteiger partial charge in [-0.3, -0.25) is 9.59 Å². The molecule has 0 spiro atoms. The Morgan fingerprint density at radius 3 is 2.60 bits per heavy atom. The average Bonchev–Trinajstić information content (AvgIpc) is 2.35. The number of rotatable bonds is 1. The van der Waals surface area contributed by atoms with Gasteiger partial charge in [-0.05, 0) is 40.2 Å². The number of amides is 2. The van der Waals surface area contributed by atoms with Gasteiger partial charge >= 0.3 is 0 Å². The van der Waals surface area contributed by atoms with Crippen molar-refractivity contribution >= 4 is 24.2 Å². The third kappa shape index (κ3) is 3.09. The molecular weight excluding hydrogens is 278 g/mol. The number of hydrogen-bond donors (Lipinski definition) is 1. The molecule has 0 aliphatic carbocycles. The van der Waals surface area contributed by atoms with Crippen LogP contribution in [0.5, 0.6) is 0 Å². The van der Waals surface area contributed by atoms with E-state index in [2.05, 4.69) is 12.2 Å². The topological polar surface area (TPSA) is 52.7 Å². The molecule has 0 aromatic heterocycles. The second-order valence-corrected chi connectivity index (χ2v) is 6.35. The lowest BCUT2D eigenvalue weighted by atomic mass is 9.89. The summed E-state index contributed by atoms with van der Waals surface area (Å²) in [7, 11) is 1.80. The number of piperidine rings is 1. The van der Waals surface area contributed by atoms with Crippen LogP contribution >= 0.6 is 12.4 Å². The van der Waals surface area contributed by atoms with E-state index in [4.69, 9.17) is 0 Å². The van der Waals surface area contributed by atoms with E-state index in [0.29, 0.717) is 19.1 Å². The summed E-state index contributed by atoms with van der Waals surface area (Å²) < 4.78 is 0. The predicted octanol–water partition coefficient (Wildman–Crippen LogP) is 0.876. The number of halogens is 1. The van der Waals surface area contributed by atoms with Crippen LogP contribution in [0.4, 0.5) is 0 Å². The van der Waals surface area contributed by atoms with E-state index in [9.17, 15) is 9.59 Å². The summed E-state index contributed by atoms with van der Waals surface area (Å²) in [4.78, 5) is 28.4. The van der Waals surface area contributed by atoms with Crippen molar-refractivity contribution in [3.05, 3.63) is 0 Å². The standard InChI is InChI=1S/C14H25N3O2.ClH/c1-10-9-11(5-6-15-10)12(18)17-8-7-16(4)13(19)14(17,2)3;/h10-11,15H,5-9H2,1-4H3;1H/t10-,11-;/m0./s1.